The molecule has 4 N–H and O–H groups in total. The second-order valence-electron chi connectivity index (χ2n) is 10.8. The van der Waals surface area contributed by atoms with Gasteiger partial charge in [0.05, 0.1) is 11.9 Å². The molecule has 4 rings (SSSR count). The van der Waals surface area contributed by atoms with Crippen LogP contribution in [0.1, 0.15) is 40.9 Å². The summed E-state index contributed by atoms with van der Waals surface area (Å²) in [7, 11) is 0. The van der Waals surface area contributed by atoms with Gasteiger partial charge in [0.25, 0.3) is 11.8 Å². The fourth-order valence-electron chi connectivity index (χ4n) is 4.96. The molecule has 228 valence electrons. The molecule has 8 nitrogen and oxygen atoms in total. The van der Waals surface area contributed by atoms with Crippen molar-refractivity contribution in [3.63, 3.8) is 0 Å². The summed E-state index contributed by atoms with van der Waals surface area (Å²) in [5, 5.41) is 26.6. The highest BCUT2D eigenvalue weighted by Gasteiger charge is 2.49. The molecule has 0 saturated carbocycles. The average molecular weight is 616 g/mol. The van der Waals surface area contributed by atoms with Crippen LogP contribution in [0.25, 0.3) is 0 Å². The van der Waals surface area contributed by atoms with E-state index < -0.39 is 64.7 Å². The number of phenols is 1. The number of halogens is 3. The van der Waals surface area contributed by atoms with E-state index in [4.69, 9.17) is 0 Å². The number of nitrogens with zero attached hydrogens (tertiary/aromatic N) is 1. The maximum atomic E-state index is 14.2. The van der Waals surface area contributed by atoms with Gasteiger partial charge in [-0.25, -0.2) is 13.2 Å². The van der Waals surface area contributed by atoms with Crippen LogP contribution >= 0.6 is 11.8 Å². The van der Waals surface area contributed by atoms with Gasteiger partial charge in [-0.05, 0) is 51.0 Å². The van der Waals surface area contributed by atoms with Crippen molar-refractivity contribution in [3.05, 3.63) is 100 Å². The fourth-order valence-corrected chi connectivity index (χ4v) is 6.10. The van der Waals surface area contributed by atoms with Gasteiger partial charge in [0, 0.05) is 34.0 Å². The second kappa shape index (κ2) is 13.1. The maximum Gasteiger partial charge on any atom is 0.254 e. The van der Waals surface area contributed by atoms with Crippen LogP contribution in [0.3, 0.4) is 0 Å². The number of hydrogen-bond acceptors (Lipinski definition) is 6. The molecule has 1 saturated heterocycles. The Morgan fingerprint density at radius 1 is 1.02 bits per heavy atom. The van der Waals surface area contributed by atoms with Crippen molar-refractivity contribution in [2.45, 2.75) is 56.7 Å². The molecule has 0 bridgehead atoms. The van der Waals surface area contributed by atoms with Gasteiger partial charge in [0.15, 0.2) is 17.7 Å². The molecule has 1 unspecified atom stereocenters. The number of aliphatic hydroxyl groups is 1. The molecule has 1 fully saturated rings. The van der Waals surface area contributed by atoms with Crippen LogP contribution in [-0.2, 0) is 22.6 Å². The van der Waals surface area contributed by atoms with Crippen LogP contribution in [0.2, 0.25) is 0 Å². The number of aromatic hydroxyl groups is 1. The zero-order chi connectivity index (χ0) is 31.5. The summed E-state index contributed by atoms with van der Waals surface area (Å²) in [5.41, 5.74) is 0.941. The SMILES string of the molecule is Cc1c(O)cccc1C(=O)N[C@@H](Cc1ccccc1)[C@H](O)C(=O)N1CSC(C)(C)C1C(=O)NCc1cc(F)c(F)cc1F. The number of hydrogen-bond donors (Lipinski definition) is 4. The molecular formula is C31H32F3N3O5S. The van der Waals surface area contributed by atoms with Crippen molar-refractivity contribution in [1.29, 1.82) is 0 Å². The number of amides is 3. The predicted molar refractivity (Wildman–Crippen MR) is 156 cm³/mol. The Kier molecular flexibility index (Phi) is 9.71. The van der Waals surface area contributed by atoms with Crippen molar-refractivity contribution in [2.24, 2.45) is 0 Å². The van der Waals surface area contributed by atoms with Crippen molar-refractivity contribution in [1.82, 2.24) is 15.5 Å². The molecule has 3 amide bonds. The normalized spacial score (nSPS) is 17.3. The van der Waals surface area contributed by atoms with Gasteiger partial charge in [0.2, 0.25) is 5.91 Å². The number of thioether (sulfide) groups is 1. The quantitative estimate of drug-likeness (QED) is 0.272. The fraction of sp³-hybridized carbons (Fsp3) is 0.323. The monoisotopic (exact) mass is 615 g/mol. The standard InChI is InChI=1S/C31H32F3N3O5S/c1-17-20(10-7-11-25(17)38)28(40)36-24(12-18-8-5-4-6-9-18)26(39)30(42)37-16-43-31(2,3)27(37)29(41)35-15-19-13-22(33)23(34)14-21(19)32/h4-11,13-14,24,26-27,38-39H,12,15-16H2,1-3H3,(H,35,41)(H,36,40)/t24-,26-,27?/m0/s1. The smallest absolute Gasteiger partial charge is 0.254 e. The molecule has 0 aromatic heterocycles. The Bertz CT molecular complexity index is 1520. The van der Waals surface area contributed by atoms with E-state index in [1.165, 1.54) is 34.9 Å². The lowest BCUT2D eigenvalue weighted by Crippen LogP contribution is -2.58. The number of carbonyl (C=O) groups is 3. The Morgan fingerprint density at radius 2 is 1.70 bits per heavy atom. The zero-order valence-electron chi connectivity index (χ0n) is 23.7. The van der Waals surface area contributed by atoms with Crippen LogP contribution in [0, 0.1) is 24.4 Å². The number of nitrogens with one attached hydrogen (secondary N) is 2. The molecule has 12 heteroatoms. The number of rotatable bonds is 9. The summed E-state index contributed by atoms with van der Waals surface area (Å²) in [6.07, 6.45) is -1.69. The first kappa shape index (κ1) is 31.9. The number of carbonyl (C=O) groups excluding carboxylic acids is 3. The lowest BCUT2D eigenvalue weighted by atomic mass is 9.96. The summed E-state index contributed by atoms with van der Waals surface area (Å²) in [6, 6.07) is 12.2. The summed E-state index contributed by atoms with van der Waals surface area (Å²) in [4.78, 5) is 41.5. The molecule has 0 radical (unpaired) electrons. The van der Waals surface area contributed by atoms with Crippen molar-refractivity contribution in [3.8, 4) is 5.75 Å². The average Bonchev–Trinajstić information content (AvgIpc) is 3.29. The zero-order valence-corrected chi connectivity index (χ0v) is 24.6. The van der Waals surface area contributed by atoms with Gasteiger partial charge in [-0.15, -0.1) is 11.8 Å². The molecule has 0 aliphatic carbocycles. The summed E-state index contributed by atoms with van der Waals surface area (Å²) < 4.78 is 40.3. The summed E-state index contributed by atoms with van der Waals surface area (Å²) >= 11 is 1.28. The predicted octanol–water partition coefficient (Wildman–Crippen LogP) is 3.82. The van der Waals surface area contributed by atoms with Crippen molar-refractivity contribution in [2.75, 3.05) is 5.88 Å². The van der Waals surface area contributed by atoms with E-state index in [2.05, 4.69) is 10.6 Å². The van der Waals surface area contributed by atoms with E-state index in [1.54, 1.807) is 51.1 Å². The van der Waals surface area contributed by atoms with E-state index in [0.29, 0.717) is 17.7 Å². The molecule has 3 atom stereocenters. The highest BCUT2D eigenvalue weighted by molar-refractivity contribution is 8.00. The lowest BCUT2D eigenvalue weighted by Gasteiger charge is -2.33. The third-order valence-corrected chi connectivity index (χ3v) is 8.79. The first-order valence-electron chi connectivity index (χ1n) is 13.5. The van der Waals surface area contributed by atoms with Crippen LogP contribution in [0.5, 0.6) is 5.75 Å². The number of aliphatic hydroxyl groups excluding tert-OH is 1. The molecule has 0 spiro atoms. The van der Waals surface area contributed by atoms with E-state index in [0.717, 1.165) is 5.56 Å². The molecule has 1 heterocycles. The van der Waals surface area contributed by atoms with Crippen LogP contribution in [0.15, 0.2) is 60.7 Å². The molecular weight excluding hydrogens is 583 g/mol. The van der Waals surface area contributed by atoms with E-state index >= 15 is 0 Å². The van der Waals surface area contributed by atoms with Gasteiger partial charge in [-0.3, -0.25) is 14.4 Å². The van der Waals surface area contributed by atoms with Crippen LogP contribution < -0.4 is 10.6 Å². The number of benzene rings is 3. The summed E-state index contributed by atoms with van der Waals surface area (Å²) in [5.74, 6) is -5.82. The molecule has 3 aromatic rings. The van der Waals surface area contributed by atoms with Crippen LogP contribution in [0.4, 0.5) is 13.2 Å². The topological polar surface area (TPSA) is 119 Å². The van der Waals surface area contributed by atoms with Gasteiger partial charge < -0.3 is 25.7 Å². The van der Waals surface area contributed by atoms with E-state index in [1.807, 2.05) is 0 Å². The van der Waals surface area contributed by atoms with Gasteiger partial charge in [-0.1, -0.05) is 36.4 Å². The first-order chi connectivity index (χ1) is 20.3. The van der Waals surface area contributed by atoms with Crippen molar-refractivity contribution >= 4 is 29.5 Å². The van der Waals surface area contributed by atoms with Gasteiger partial charge in [-0.2, -0.15) is 0 Å². The highest BCUT2D eigenvalue weighted by Crippen LogP contribution is 2.40. The van der Waals surface area contributed by atoms with E-state index in [9.17, 15) is 37.8 Å². The molecule has 43 heavy (non-hydrogen) atoms. The lowest BCUT2D eigenvalue weighted by molar-refractivity contribution is -0.147. The highest BCUT2D eigenvalue weighted by atomic mass is 32.2. The third kappa shape index (κ3) is 7.14. The Labute approximate surface area is 251 Å². The third-order valence-electron chi connectivity index (χ3n) is 7.42. The molecule has 3 aromatic carbocycles. The molecule has 1 aliphatic rings. The minimum atomic E-state index is -1.77. The second-order valence-corrected chi connectivity index (χ2v) is 12.4. The van der Waals surface area contributed by atoms with Gasteiger partial charge in [0.1, 0.15) is 17.6 Å². The van der Waals surface area contributed by atoms with Crippen LogP contribution in [-0.4, -0.2) is 61.6 Å². The minimum Gasteiger partial charge on any atom is -0.508 e. The first-order valence-corrected chi connectivity index (χ1v) is 14.5. The Hall–Kier alpha value is -4.03. The largest absolute Gasteiger partial charge is 0.508 e. The Morgan fingerprint density at radius 3 is 2.40 bits per heavy atom. The Balaban J connectivity index is 1.56. The maximum absolute atomic E-state index is 14.2. The minimum absolute atomic E-state index is 0.0399. The number of phenolic OH excluding ortho intramolecular Hbond substituents is 1. The van der Waals surface area contributed by atoms with Gasteiger partial charge >= 0.3 is 0 Å². The van der Waals surface area contributed by atoms with Crippen molar-refractivity contribution < 1.29 is 37.8 Å². The van der Waals surface area contributed by atoms with E-state index in [-0.39, 0.29) is 29.2 Å². The summed E-state index contributed by atoms with van der Waals surface area (Å²) in [6.45, 7) is 4.57. The molecule has 1 aliphatic heterocycles.